The summed E-state index contributed by atoms with van der Waals surface area (Å²) in [5.41, 5.74) is 2.42. The van der Waals surface area contributed by atoms with Crippen LogP contribution < -0.4 is 10.6 Å². The standard InChI is InChI=1S/C26H34FN3O4S/c1-6-19(32)29-23(26(3,4)5)25(34)30-14-18(31)20(27)21(30)24(33)28-13-16-7-9-17(10-8-16)22-15(2)11-12-35-22/h7-12,18,20-21,23,31H,6,13-14H2,1-5H3,(H,28,33)(H,29,32)/t18-,20-,21-,23+/m0/s1. The van der Waals surface area contributed by atoms with Gasteiger partial charge in [-0.1, -0.05) is 52.0 Å². The number of carbonyl (C=O) groups excluding carboxylic acids is 3. The zero-order valence-corrected chi connectivity index (χ0v) is 21.6. The van der Waals surface area contributed by atoms with E-state index in [1.807, 2.05) is 36.6 Å². The first kappa shape index (κ1) is 26.8. The minimum absolute atomic E-state index is 0.152. The number of hydrogen-bond donors (Lipinski definition) is 3. The van der Waals surface area contributed by atoms with E-state index in [1.165, 1.54) is 10.4 Å². The summed E-state index contributed by atoms with van der Waals surface area (Å²) in [7, 11) is 0. The summed E-state index contributed by atoms with van der Waals surface area (Å²) < 4.78 is 14.9. The number of carbonyl (C=O) groups is 3. The van der Waals surface area contributed by atoms with Crippen molar-refractivity contribution >= 4 is 29.1 Å². The maximum absolute atomic E-state index is 14.9. The Hall–Kier alpha value is -2.78. The van der Waals surface area contributed by atoms with Crippen molar-refractivity contribution in [2.24, 2.45) is 5.41 Å². The monoisotopic (exact) mass is 503 g/mol. The Kier molecular flexibility index (Phi) is 8.33. The number of alkyl halides is 1. The van der Waals surface area contributed by atoms with Gasteiger partial charge in [-0.2, -0.15) is 0 Å². The molecule has 35 heavy (non-hydrogen) atoms. The molecule has 1 aromatic carbocycles. The van der Waals surface area contributed by atoms with Gasteiger partial charge in [-0.15, -0.1) is 11.3 Å². The Morgan fingerprint density at radius 2 is 1.86 bits per heavy atom. The number of β-amino-alcohol motifs (C(OH)–C–C–N with tert-alkyl or cyclic N) is 1. The molecule has 9 heteroatoms. The van der Waals surface area contributed by atoms with Crippen LogP contribution in [0.1, 0.15) is 45.2 Å². The van der Waals surface area contributed by atoms with Crippen LogP contribution in [0.25, 0.3) is 10.4 Å². The van der Waals surface area contributed by atoms with Crippen LogP contribution in [-0.4, -0.2) is 58.6 Å². The molecule has 1 saturated heterocycles. The molecular formula is C26H34FN3O4S. The first-order chi connectivity index (χ1) is 16.4. The molecular weight excluding hydrogens is 469 g/mol. The summed E-state index contributed by atoms with van der Waals surface area (Å²) in [4.78, 5) is 40.6. The van der Waals surface area contributed by atoms with Gasteiger partial charge in [0.15, 0.2) is 6.17 Å². The van der Waals surface area contributed by atoms with Crippen LogP contribution in [0.2, 0.25) is 0 Å². The highest BCUT2D eigenvalue weighted by Crippen LogP contribution is 2.30. The maximum Gasteiger partial charge on any atom is 0.246 e. The van der Waals surface area contributed by atoms with Gasteiger partial charge in [0.25, 0.3) is 0 Å². The second kappa shape index (κ2) is 10.9. The Morgan fingerprint density at radius 1 is 1.20 bits per heavy atom. The van der Waals surface area contributed by atoms with Gasteiger partial charge in [-0.25, -0.2) is 4.39 Å². The number of aliphatic hydroxyl groups excluding tert-OH is 1. The van der Waals surface area contributed by atoms with Gasteiger partial charge in [0.05, 0.1) is 6.54 Å². The summed E-state index contributed by atoms with van der Waals surface area (Å²) in [6.45, 7) is 8.89. The van der Waals surface area contributed by atoms with Gasteiger partial charge in [0.2, 0.25) is 17.7 Å². The van der Waals surface area contributed by atoms with Crippen LogP contribution in [0.3, 0.4) is 0 Å². The molecule has 1 aliphatic heterocycles. The minimum atomic E-state index is -1.93. The lowest BCUT2D eigenvalue weighted by Crippen LogP contribution is -2.58. The van der Waals surface area contributed by atoms with E-state index in [-0.39, 0.29) is 25.4 Å². The predicted octanol–water partition coefficient (Wildman–Crippen LogP) is 3.19. The van der Waals surface area contributed by atoms with Crippen LogP contribution in [-0.2, 0) is 20.9 Å². The number of aryl methyl sites for hydroxylation is 1. The Balaban J connectivity index is 1.72. The lowest BCUT2D eigenvalue weighted by molar-refractivity contribution is -0.144. The van der Waals surface area contributed by atoms with Gasteiger partial charge in [0.1, 0.15) is 18.2 Å². The molecule has 190 valence electrons. The van der Waals surface area contributed by atoms with Crippen LogP contribution in [0.15, 0.2) is 35.7 Å². The van der Waals surface area contributed by atoms with Crippen molar-refractivity contribution in [1.82, 2.24) is 15.5 Å². The molecule has 0 aliphatic carbocycles. The molecule has 2 aromatic rings. The van der Waals surface area contributed by atoms with E-state index in [0.717, 1.165) is 16.0 Å². The van der Waals surface area contributed by atoms with Crippen LogP contribution in [0.5, 0.6) is 0 Å². The number of nitrogens with zero attached hydrogens (tertiary/aromatic N) is 1. The SMILES string of the molecule is CCC(=O)N[C@H](C(=O)N1C[C@H](O)[C@H](F)[C@H]1C(=O)NCc1ccc(-c2sccc2C)cc1)C(C)(C)C. The van der Waals surface area contributed by atoms with Gasteiger partial charge < -0.3 is 20.6 Å². The van der Waals surface area contributed by atoms with Crippen LogP contribution >= 0.6 is 11.3 Å². The molecule has 4 atom stereocenters. The van der Waals surface area contributed by atoms with Gasteiger partial charge in [0, 0.05) is 17.8 Å². The van der Waals surface area contributed by atoms with E-state index in [9.17, 15) is 23.9 Å². The van der Waals surface area contributed by atoms with Crippen molar-refractivity contribution in [2.75, 3.05) is 6.54 Å². The average molecular weight is 504 g/mol. The smallest absolute Gasteiger partial charge is 0.246 e. The zero-order chi connectivity index (χ0) is 25.9. The Labute approximate surface area is 209 Å². The number of rotatable bonds is 7. The zero-order valence-electron chi connectivity index (χ0n) is 20.8. The first-order valence-electron chi connectivity index (χ1n) is 11.8. The first-order valence-corrected chi connectivity index (χ1v) is 12.6. The molecule has 0 spiro atoms. The molecule has 1 aromatic heterocycles. The van der Waals surface area contributed by atoms with Crippen molar-refractivity contribution in [3.8, 4) is 10.4 Å². The third-order valence-electron chi connectivity index (χ3n) is 6.22. The van der Waals surface area contributed by atoms with E-state index in [0.29, 0.717) is 0 Å². The number of amides is 3. The molecule has 3 amide bonds. The van der Waals surface area contributed by atoms with Crippen molar-refractivity contribution in [1.29, 1.82) is 0 Å². The van der Waals surface area contributed by atoms with E-state index >= 15 is 0 Å². The predicted molar refractivity (Wildman–Crippen MR) is 134 cm³/mol. The molecule has 1 aliphatic rings. The fourth-order valence-electron chi connectivity index (χ4n) is 4.13. The van der Waals surface area contributed by atoms with Crippen molar-refractivity contribution in [3.63, 3.8) is 0 Å². The summed E-state index contributed by atoms with van der Waals surface area (Å²) >= 11 is 1.66. The van der Waals surface area contributed by atoms with Crippen molar-refractivity contribution in [3.05, 3.63) is 46.8 Å². The molecule has 2 heterocycles. The number of halogens is 1. The quantitative estimate of drug-likeness (QED) is 0.541. The molecule has 0 saturated carbocycles. The lowest BCUT2D eigenvalue weighted by Gasteiger charge is -2.35. The van der Waals surface area contributed by atoms with Crippen molar-refractivity contribution < 1.29 is 23.9 Å². The van der Waals surface area contributed by atoms with Crippen molar-refractivity contribution in [2.45, 2.75) is 71.9 Å². The molecule has 3 rings (SSSR count). The molecule has 1 fully saturated rings. The fraction of sp³-hybridized carbons (Fsp3) is 0.500. The Morgan fingerprint density at radius 3 is 2.40 bits per heavy atom. The topological polar surface area (TPSA) is 98.7 Å². The molecule has 0 unspecified atom stereocenters. The van der Waals surface area contributed by atoms with E-state index in [4.69, 9.17) is 0 Å². The number of benzene rings is 1. The highest BCUT2D eigenvalue weighted by Gasteiger charge is 2.50. The maximum atomic E-state index is 14.9. The molecule has 7 nitrogen and oxygen atoms in total. The highest BCUT2D eigenvalue weighted by molar-refractivity contribution is 7.13. The van der Waals surface area contributed by atoms with Crippen LogP contribution in [0.4, 0.5) is 4.39 Å². The minimum Gasteiger partial charge on any atom is -0.388 e. The molecule has 0 bridgehead atoms. The molecule has 0 radical (unpaired) electrons. The van der Waals surface area contributed by atoms with Gasteiger partial charge in [-0.05, 0) is 40.5 Å². The van der Waals surface area contributed by atoms with E-state index in [1.54, 1.807) is 39.0 Å². The summed E-state index contributed by atoms with van der Waals surface area (Å²) in [6.07, 6.45) is -3.22. The highest BCUT2D eigenvalue weighted by atomic mass is 32.1. The number of aliphatic hydroxyl groups is 1. The number of nitrogens with one attached hydrogen (secondary N) is 2. The van der Waals surface area contributed by atoms with E-state index in [2.05, 4.69) is 16.7 Å². The number of hydrogen-bond acceptors (Lipinski definition) is 5. The fourth-order valence-corrected chi connectivity index (χ4v) is 5.06. The third-order valence-corrected chi connectivity index (χ3v) is 7.29. The number of likely N-dealkylation sites (tertiary alicyclic amines) is 1. The summed E-state index contributed by atoms with van der Waals surface area (Å²) in [5.74, 6) is -1.60. The second-order valence-electron chi connectivity index (χ2n) is 10.0. The second-order valence-corrected chi connectivity index (χ2v) is 10.9. The normalized spacial score (nSPS) is 21.0. The number of thiophene rings is 1. The summed E-state index contributed by atoms with van der Waals surface area (Å²) in [5, 5.41) is 17.6. The Bertz CT molecular complexity index is 1060. The third kappa shape index (κ3) is 6.08. The van der Waals surface area contributed by atoms with Gasteiger partial charge >= 0.3 is 0 Å². The van der Waals surface area contributed by atoms with Crippen LogP contribution in [0, 0.1) is 12.3 Å². The van der Waals surface area contributed by atoms with Gasteiger partial charge in [-0.3, -0.25) is 14.4 Å². The summed E-state index contributed by atoms with van der Waals surface area (Å²) in [6, 6.07) is 7.34. The average Bonchev–Trinajstić information content (AvgIpc) is 3.37. The largest absolute Gasteiger partial charge is 0.388 e. The van der Waals surface area contributed by atoms with E-state index < -0.39 is 41.6 Å². The lowest BCUT2D eigenvalue weighted by atomic mass is 9.85. The molecule has 3 N–H and O–H groups in total.